The Morgan fingerprint density at radius 2 is 2.12 bits per heavy atom. The minimum Gasteiger partial charge on any atom is -0.351 e. The van der Waals surface area contributed by atoms with E-state index in [-0.39, 0.29) is 17.5 Å². The zero-order chi connectivity index (χ0) is 17.7. The summed E-state index contributed by atoms with van der Waals surface area (Å²) in [4.78, 5) is 23.9. The van der Waals surface area contributed by atoms with Crippen molar-refractivity contribution in [1.82, 2.24) is 10.6 Å². The molecule has 130 valence electrons. The lowest BCUT2D eigenvalue weighted by atomic mass is 10.2. The normalized spacial score (nSPS) is 20.7. The SMILES string of the molecule is CC(NC(=O)C=Cc1cccc(Cl)c1)C(=O)NC1CCS(=O)(=O)C1. The predicted octanol–water partition coefficient (Wildman–Crippen LogP) is 1.16. The summed E-state index contributed by atoms with van der Waals surface area (Å²) >= 11 is 5.86. The number of carbonyl (C=O) groups is 2. The molecule has 1 aliphatic rings. The van der Waals surface area contributed by atoms with Crippen LogP contribution >= 0.6 is 11.6 Å². The summed E-state index contributed by atoms with van der Waals surface area (Å²) in [5, 5.41) is 5.75. The molecule has 24 heavy (non-hydrogen) atoms. The molecule has 2 rings (SSSR count). The van der Waals surface area contributed by atoms with Crippen LogP contribution in [-0.4, -0.2) is 43.8 Å². The van der Waals surface area contributed by atoms with E-state index < -0.39 is 27.7 Å². The van der Waals surface area contributed by atoms with Gasteiger partial charge in [-0.2, -0.15) is 0 Å². The zero-order valence-electron chi connectivity index (χ0n) is 13.2. The highest BCUT2D eigenvalue weighted by Gasteiger charge is 2.30. The molecule has 0 bridgehead atoms. The first-order chi connectivity index (χ1) is 11.2. The molecule has 1 aromatic rings. The van der Waals surface area contributed by atoms with Crippen molar-refractivity contribution < 1.29 is 18.0 Å². The molecule has 2 unspecified atom stereocenters. The molecule has 0 aliphatic carbocycles. The van der Waals surface area contributed by atoms with E-state index in [4.69, 9.17) is 11.6 Å². The van der Waals surface area contributed by atoms with Gasteiger partial charge in [-0.05, 0) is 37.1 Å². The molecular weight excluding hydrogens is 352 g/mol. The van der Waals surface area contributed by atoms with Crippen LogP contribution in [0.25, 0.3) is 6.08 Å². The second-order valence-electron chi connectivity index (χ2n) is 5.73. The van der Waals surface area contributed by atoms with Crippen LogP contribution in [0, 0.1) is 0 Å². The van der Waals surface area contributed by atoms with Crippen LogP contribution in [0.5, 0.6) is 0 Å². The van der Waals surface area contributed by atoms with E-state index in [1.165, 1.54) is 6.08 Å². The van der Waals surface area contributed by atoms with Crippen molar-refractivity contribution in [2.24, 2.45) is 0 Å². The van der Waals surface area contributed by atoms with Crippen LogP contribution in [0.15, 0.2) is 30.3 Å². The lowest BCUT2D eigenvalue weighted by Crippen LogP contribution is -2.48. The van der Waals surface area contributed by atoms with Crippen LogP contribution in [0.1, 0.15) is 18.9 Å². The average molecular weight is 371 g/mol. The summed E-state index contributed by atoms with van der Waals surface area (Å²) in [5.41, 5.74) is 0.769. The molecular formula is C16H19ClN2O4S. The third-order valence-corrected chi connectivity index (χ3v) is 5.61. The molecule has 0 spiro atoms. The number of carbonyl (C=O) groups excluding carboxylic acids is 2. The first-order valence-corrected chi connectivity index (χ1v) is 9.70. The van der Waals surface area contributed by atoms with Crippen molar-refractivity contribution in [2.75, 3.05) is 11.5 Å². The summed E-state index contributed by atoms with van der Waals surface area (Å²) in [5.74, 6) is -0.784. The first kappa shape index (κ1) is 18.5. The van der Waals surface area contributed by atoms with Gasteiger partial charge in [0.05, 0.1) is 11.5 Å². The monoisotopic (exact) mass is 370 g/mol. The van der Waals surface area contributed by atoms with E-state index in [1.54, 1.807) is 37.3 Å². The Hall–Kier alpha value is -1.86. The fourth-order valence-corrected chi connectivity index (χ4v) is 4.22. The van der Waals surface area contributed by atoms with E-state index >= 15 is 0 Å². The van der Waals surface area contributed by atoms with Crippen molar-refractivity contribution in [3.8, 4) is 0 Å². The Morgan fingerprint density at radius 3 is 2.75 bits per heavy atom. The molecule has 0 aromatic heterocycles. The van der Waals surface area contributed by atoms with Gasteiger partial charge in [0, 0.05) is 17.1 Å². The summed E-state index contributed by atoms with van der Waals surface area (Å²) in [6, 6.07) is 5.86. The molecule has 2 amide bonds. The van der Waals surface area contributed by atoms with E-state index in [0.717, 1.165) is 5.56 Å². The highest BCUT2D eigenvalue weighted by Crippen LogP contribution is 2.12. The van der Waals surface area contributed by atoms with Crippen LogP contribution < -0.4 is 10.6 Å². The number of amides is 2. The predicted molar refractivity (Wildman–Crippen MR) is 93.3 cm³/mol. The minimum absolute atomic E-state index is 0.0475. The largest absolute Gasteiger partial charge is 0.351 e. The Labute approximate surface area is 146 Å². The highest BCUT2D eigenvalue weighted by molar-refractivity contribution is 7.91. The van der Waals surface area contributed by atoms with Crippen molar-refractivity contribution in [3.63, 3.8) is 0 Å². The van der Waals surface area contributed by atoms with Gasteiger partial charge >= 0.3 is 0 Å². The van der Waals surface area contributed by atoms with E-state index in [2.05, 4.69) is 10.6 Å². The lowest BCUT2D eigenvalue weighted by molar-refractivity contribution is -0.127. The van der Waals surface area contributed by atoms with Crippen molar-refractivity contribution >= 4 is 39.3 Å². The highest BCUT2D eigenvalue weighted by atomic mass is 35.5. The van der Waals surface area contributed by atoms with Gasteiger partial charge in [0.2, 0.25) is 11.8 Å². The fourth-order valence-electron chi connectivity index (χ4n) is 2.34. The third kappa shape index (κ3) is 5.65. The standard InChI is InChI=1S/C16H19ClN2O4S/c1-11(16(21)19-14-7-8-24(22,23)10-14)18-15(20)6-5-12-3-2-4-13(17)9-12/h2-6,9,11,14H,7-8,10H2,1H3,(H,18,20)(H,19,21). The summed E-state index contributed by atoms with van der Waals surface area (Å²) in [6.07, 6.45) is 3.31. The van der Waals surface area contributed by atoms with Gasteiger partial charge in [-0.3, -0.25) is 9.59 Å². The van der Waals surface area contributed by atoms with Crippen molar-refractivity contribution in [1.29, 1.82) is 0 Å². The van der Waals surface area contributed by atoms with Gasteiger partial charge in [-0.15, -0.1) is 0 Å². The molecule has 2 atom stereocenters. The number of nitrogens with one attached hydrogen (secondary N) is 2. The van der Waals surface area contributed by atoms with E-state index in [0.29, 0.717) is 11.4 Å². The van der Waals surface area contributed by atoms with Crippen LogP contribution in [0.2, 0.25) is 5.02 Å². The van der Waals surface area contributed by atoms with Crippen LogP contribution in [0.3, 0.4) is 0 Å². The van der Waals surface area contributed by atoms with Gasteiger partial charge in [0.15, 0.2) is 9.84 Å². The topological polar surface area (TPSA) is 92.3 Å². The van der Waals surface area contributed by atoms with Gasteiger partial charge in [0.25, 0.3) is 0 Å². The Bertz CT molecular complexity index is 761. The molecule has 0 radical (unpaired) electrons. The van der Waals surface area contributed by atoms with Crippen LogP contribution in [0.4, 0.5) is 0 Å². The fraction of sp³-hybridized carbons (Fsp3) is 0.375. The summed E-state index contributed by atoms with van der Waals surface area (Å²) < 4.78 is 22.7. The zero-order valence-corrected chi connectivity index (χ0v) is 14.7. The second-order valence-corrected chi connectivity index (χ2v) is 8.39. The van der Waals surface area contributed by atoms with E-state index in [9.17, 15) is 18.0 Å². The number of halogens is 1. The number of rotatable bonds is 5. The molecule has 8 heteroatoms. The molecule has 6 nitrogen and oxygen atoms in total. The lowest BCUT2D eigenvalue weighted by Gasteiger charge is -2.16. The molecule has 1 aromatic carbocycles. The third-order valence-electron chi connectivity index (χ3n) is 3.61. The van der Waals surface area contributed by atoms with Crippen molar-refractivity contribution in [3.05, 3.63) is 40.9 Å². The summed E-state index contributed by atoms with van der Waals surface area (Å²) in [6.45, 7) is 1.55. The number of sulfone groups is 1. The molecule has 1 fully saturated rings. The Balaban J connectivity index is 1.83. The number of hydrogen-bond acceptors (Lipinski definition) is 4. The minimum atomic E-state index is -3.06. The second kappa shape index (κ2) is 7.81. The van der Waals surface area contributed by atoms with E-state index in [1.807, 2.05) is 0 Å². The Morgan fingerprint density at radius 1 is 1.38 bits per heavy atom. The molecule has 0 saturated carbocycles. The smallest absolute Gasteiger partial charge is 0.244 e. The van der Waals surface area contributed by atoms with Gasteiger partial charge < -0.3 is 10.6 Å². The Kier molecular flexibility index (Phi) is 6.01. The van der Waals surface area contributed by atoms with Crippen LogP contribution in [-0.2, 0) is 19.4 Å². The maximum Gasteiger partial charge on any atom is 0.244 e. The van der Waals surface area contributed by atoms with Gasteiger partial charge in [-0.25, -0.2) is 8.42 Å². The molecule has 1 aliphatic heterocycles. The number of hydrogen-bond donors (Lipinski definition) is 2. The maximum absolute atomic E-state index is 12.0. The van der Waals surface area contributed by atoms with Gasteiger partial charge in [0.1, 0.15) is 6.04 Å². The van der Waals surface area contributed by atoms with Crippen molar-refractivity contribution in [2.45, 2.75) is 25.4 Å². The summed E-state index contributed by atoms with van der Waals surface area (Å²) in [7, 11) is -3.06. The average Bonchev–Trinajstić information content (AvgIpc) is 2.84. The molecule has 1 saturated heterocycles. The van der Waals surface area contributed by atoms with Gasteiger partial charge in [-0.1, -0.05) is 23.7 Å². The number of benzene rings is 1. The molecule has 2 N–H and O–H groups in total. The quantitative estimate of drug-likeness (QED) is 0.761. The molecule has 1 heterocycles. The maximum atomic E-state index is 12.0. The first-order valence-electron chi connectivity index (χ1n) is 7.50.